The fourth-order valence-electron chi connectivity index (χ4n) is 3.83. The molecular weight excluding hydrogens is 388 g/mol. The highest BCUT2D eigenvalue weighted by Crippen LogP contribution is 2.27. The van der Waals surface area contributed by atoms with Gasteiger partial charge in [0.2, 0.25) is 15.9 Å². The number of methoxy groups -OCH3 is 1. The molecule has 6 nitrogen and oxygen atoms in total. The summed E-state index contributed by atoms with van der Waals surface area (Å²) in [6.45, 7) is 3.50. The van der Waals surface area contributed by atoms with Crippen molar-refractivity contribution in [2.24, 2.45) is 0 Å². The van der Waals surface area contributed by atoms with E-state index in [4.69, 9.17) is 4.74 Å². The lowest BCUT2D eigenvalue weighted by Crippen LogP contribution is -2.48. The van der Waals surface area contributed by atoms with E-state index in [-0.39, 0.29) is 11.9 Å². The molecule has 0 heterocycles. The number of fused-ring (bicyclic) bond motifs is 1. The van der Waals surface area contributed by atoms with Crippen LogP contribution in [-0.4, -0.2) is 33.7 Å². The lowest BCUT2D eigenvalue weighted by molar-refractivity contribution is -0.122. The molecule has 3 rings (SSSR count). The average Bonchev–Trinajstić information content (AvgIpc) is 3.14. The number of anilines is 1. The van der Waals surface area contributed by atoms with Crippen molar-refractivity contribution < 1.29 is 17.9 Å². The van der Waals surface area contributed by atoms with Crippen molar-refractivity contribution in [2.45, 2.75) is 45.2 Å². The summed E-state index contributed by atoms with van der Waals surface area (Å²) >= 11 is 0. The summed E-state index contributed by atoms with van der Waals surface area (Å²) in [5.41, 5.74) is 4.13. The van der Waals surface area contributed by atoms with Crippen LogP contribution in [0, 0.1) is 0 Å². The molecule has 2 aromatic rings. The highest BCUT2D eigenvalue weighted by Gasteiger charge is 2.30. The van der Waals surface area contributed by atoms with E-state index in [1.807, 2.05) is 13.0 Å². The number of nitrogens with one attached hydrogen (secondary N) is 1. The van der Waals surface area contributed by atoms with Crippen molar-refractivity contribution in [3.8, 4) is 5.75 Å². The van der Waals surface area contributed by atoms with Crippen molar-refractivity contribution in [2.75, 3.05) is 17.7 Å². The van der Waals surface area contributed by atoms with Crippen LogP contribution < -0.4 is 14.4 Å². The van der Waals surface area contributed by atoms with E-state index in [0.717, 1.165) is 29.0 Å². The van der Waals surface area contributed by atoms with Gasteiger partial charge in [-0.2, -0.15) is 0 Å². The Hall–Kier alpha value is -2.54. The average molecular weight is 417 g/mol. The van der Waals surface area contributed by atoms with Gasteiger partial charge in [-0.1, -0.05) is 24.3 Å². The van der Waals surface area contributed by atoms with E-state index in [2.05, 4.69) is 17.4 Å². The molecule has 0 spiro atoms. The Bertz CT molecular complexity index is 1000. The van der Waals surface area contributed by atoms with Crippen molar-refractivity contribution in [3.05, 3.63) is 59.2 Å². The zero-order chi connectivity index (χ0) is 21.2. The van der Waals surface area contributed by atoms with Crippen molar-refractivity contribution in [3.63, 3.8) is 0 Å². The molecular formula is C22H28N2O4S. The first kappa shape index (κ1) is 21.2. The minimum Gasteiger partial charge on any atom is -0.497 e. The molecule has 0 saturated carbocycles. The normalized spacial score (nSPS) is 15.3. The quantitative estimate of drug-likeness (QED) is 0.752. The molecule has 0 aromatic heterocycles. The van der Waals surface area contributed by atoms with E-state index in [1.165, 1.54) is 24.7 Å². The van der Waals surface area contributed by atoms with Crippen LogP contribution in [0.1, 0.15) is 43.0 Å². The van der Waals surface area contributed by atoms with Crippen molar-refractivity contribution in [1.82, 2.24) is 5.32 Å². The third-order valence-electron chi connectivity index (χ3n) is 5.38. The van der Waals surface area contributed by atoms with E-state index in [9.17, 15) is 13.2 Å². The maximum absolute atomic E-state index is 12.9. The lowest BCUT2D eigenvalue weighted by Gasteiger charge is -2.29. The molecule has 1 amide bonds. The minimum atomic E-state index is -3.68. The van der Waals surface area contributed by atoms with Gasteiger partial charge in [-0.3, -0.25) is 9.10 Å². The Balaban J connectivity index is 1.80. The number of sulfonamides is 1. The van der Waals surface area contributed by atoms with Gasteiger partial charge in [0, 0.05) is 6.07 Å². The van der Waals surface area contributed by atoms with Crippen molar-refractivity contribution >= 4 is 21.6 Å². The van der Waals surface area contributed by atoms with Gasteiger partial charge >= 0.3 is 0 Å². The predicted octanol–water partition coefficient (Wildman–Crippen LogP) is 3.22. The standard InChI is InChI=1S/C22H28N2O4S/c1-15(18-12-11-17-7-5-8-19(17)13-18)23-22(25)16(2)24(29(4,26)27)20-9-6-10-21(14-20)28-3/h6,9-16H,5,7-8H2,1-4H3,(H,23,25)/t15-,16+/m0/s1. The molecule has 0 aliphatic heterocycles. The SMILES string of the molecule is COc1cccc(N([C@H](C)C(=O)N[C@@H](C)c2ccc3c(c2)CCC3)S(C)(=O)=O)c1. The number of carbonyl (C=O) groups excluding carboxylic acids is 1. The zero-order valence-electron chi connectivity index (χ0n) is 17.3. The Labute approximate surface area is 172 Å². The van der Waals surface area contributed by atoms with Crippen molar-refractivity contribution in [1.29, 1.82) is 0 Å². The number of hydrogen-bond donors (Lipinski definition) is 1. The predicted molar refractivity (Wildman–Crippen MR) is 115 cm³/mol. The van der Waals surface area contributed by atoms with Gasteiger partial charge in [0.1, 0.15) is 11.8 Å². The van der Waals surface area contributed by atoms with Crippen LogP contribution in [0.5, 0.6) is 5.75 Å². The first-order valence-electron chi connectivity index (χ1n) is 9.76. The number of ether oxygens (including phenoxy) is 1. The van der Waals surface area contributed by atoms with Gasteiger partial charge in [-0.05, 0) is 61.9 Å². The van der Waals surface area contributed by atoms with Crippen LogP contribution in [0.2, 0.25) is 0 Å². The summed E-state index contributed by atoms with van der Waals surface area (Å²) < 4.78 is 31.3. The first-order valence-corrected chi connectivity index (χ1v) is 11.6. The molecule has 1 aliphatic rings. The van der Waals surface area contributed by atoms with Gasteiger partial charge < -0.3 is 10.1 Å². The molecule has 2 aromatic carbocycles. The summed E-state index contributed by atoms with van der Waals surface area (Å²) in [6, 6.07) is 11.9. The third-order valence-corrected chi connectivity index (χ3v) is 6.62. The molecule has 7 heteroatoms. The fourth-order valence-corrected chi connectivity index (χ4v) is 5.00. The maximum Gasteiger partial charge on any atom is 0.244 e. The molecule has 0 unspecified atom stereocenters. The zero-order valence-corrected chi connectivity index (χ0v) is 18.1. The van der Waals surface area contributed by atoms with Crippen LogP contribution in [0.3, 0.4) is 0 Å². The van der Waals surface area contributed by atoms with Crippen LogP contribution >= 0.6 is 0 Å². The molecule has 2 atom stereocenters. The lowest BCUT2D eigenvalue weighted by atomic mass is 10.0. The summed E-state index contributed by atoms with van der Waals surface area (Å²) in [5.74, 6) is 0.168. The molecule has 0 fully saturated rings. The Kier molecular flexibility index (Phi) is 6.17. The smallest absolute Gasteiger partial charge is 0.244 e. The number of nitrogens with zero attached hydrogens (tertiary/aromatic N) is 1. The second kappa shape index (κ2) is 8.45. The van der Waals surface area contributed by atoms with Crippen LogP contribution in [0.25, 0.3) is 0 Å². The minimum absolute atomic E-state index is 0.220. The van der Waals surface area contributed by atoms with E-state index in [1.54, 1.807) is 31.2 Å². The highest BCUT2D eigenvalue weighted by atomic mass is 32.2. The second-order valence-electron chi connectivity index (χ2n) is 7.55. The number of amides is 1. The molecule has 1 aliphatic carbocycles. The largest absolute Gasteiger partial charge is 0.497 e. The maximum atomic E-state index is 12.9. The highest BCUT2D eigenvalue weighted by molar-refractivity contribution is 7.92. The van der Waals surface area contributed by atoms with Crippen LogP contribution in [0.15, 0.2) is 42.5 Å². The summed E-state index contributed by atoms with van der Waals surface area (Å²) in [7, 11) is -2.17. The van der Waals surface area contributed by atoms with Gasteiger partial charge in [-0.25, -0.2) is 8.42 Å². The summed E-state index contributed by atoms with van der Waals surface area (Å²) in [6.07, 6.45) is 4.44. The molecule has 156 valence electrons. The molecule has 1 N–H and O–H groups in total. The molecule has 0 bridgehead atoms. The van der Waals surface area contributed by atoms with Gasteiger partial charge in [0.05, 0.1) is 25.1 Å². The number of rotatable bonds is 7. The Morgan fingerprint density at radius 3 is 2.52 bits per heavy atom. The van der Waals surface area contributed by atoms with Crippen LogP contribution in [-0.2, 0) is 27.7 Å². The van der Waals surface area contributed by atoms with Gasteiger partial charge in [-0.15, -0.1) is 0 Å². The Morgan fingerprint density at radius 2 is 1.83 bits per heavy atom. The van der Waals surface area contributed by atoms with Crippen LogP contribution in [0.4, 0.5) is 5.69 Å². The number of carbonyl (C=O) groups is 1. The summed E-state index contributed by atoms with van der Waals surface area (Å²) in [4.78, 5) is 12.9. The van der Waals surface area contributed by atoms with E-state index < -0.39 is 16.1 Å². The fraction of sp³-hybridized carbons (Fsp3) is 0.409. The first-order chi connectivity index (χ1) is 13.7. The molecule has 0 saturated heterocycles. The topological polar surface area (TPSA) is 75.7 Å². The van der Waals surface area contributed by atoms with E-state index in [0.29, 0.717) is 11.4 Å². The summed E-state index contributed by atoms with van der Waals surface area (Å²) in [5, 5.41) is 2.96. The second-order valence-corrected chi connectivity index (χ2v) is 9.41. The third kappa shape index (κ3) is 4.72. The van der Waals surface area contributed by atoms with Gasteiger partial charge in [0.25, 0.3) is 0 Å². The van der Waals surface area contributed by atoms with E-state index >= 15 is 0 Å². The monoisotopic (exact) mass is 416 g/mol. The number of hydrogen-bond acceptors (Lipinski definition) is 4. The number of benzene rings is 2. The molecule has 29 heavy (non-hydrogen) atoms. The number of aryl methyl sites for hydroxylation is 2. The van der Waals surface area contributed by atoms with Gasteiger partial charge in [0.15, 0.2) is 0 Å². The Morgan fingerprint density at radius 1 is 1.10 bits per heavy atom. The molecule has 0 radical (unpaired) electrons.